The smallest absolute Gasteiger partial charge is 0.292 e. The number of amides is 1. The van der Waals surface area contributed by atoms with Crippen molar-refractivity contribution in [2.75, 3.05) is 6.54 Å². The first-order chi connectivity index (χ1) is 16.9. The number of carbonyl (C=O) groups excluding carboxylic acids is 1. The highest BCUT2D eigenvalue weighted by molar-refractivity contribution is 5.94. The number of aryl methyl sites for hydroxylation is 1. The predicted octanol–water partition coefficient (Wildman–Crippen LogP) is 4.41. The van der Waals surface area contributed by atoms with Gasteiger partial charge >= 0.3 is 0 Å². The lowest BCUT2D eigenvalue weighted by Crippen LogP contribution is -2.40. The molecule has 0 bridgehead atoms. The van der Waals surface area contributed by atoms with Crippen molar-refractivity contribution in [3.63, 3.8) is 0 Å². The van der Waals surface area contributed by atoms with Gasteiger partial charge in [-0.1, -0.05) is 12.1 Å². The molecule has 1 N–H and O–H groups in total. The second kappa shape index (κ2) is 7.86. The SMILES string of the molecule is Cn1cncc1-c1nc(C(F)F)c(C(=O)N2CCc3[nH]cnc3[C@H]2c2cc3cccc(F)c3o2)o1. The molecular weight excluding hydrogens is 465 g/mol. The fourth-order valence-electron chi connectivity index (χ4n) is 4.40. The molecule has 5 aromatic rings. The molecule has 0 aliphatic carbocycles. The van der Waals surface area contributed by atoms with Crippen molar-refractivity contribution < 1.29 is 26.8 Å². The molecule has 6 rings (SSSR count). The van der Waals surface area contributed by atoms with Gasteiger partial charge in [0, 0.05) is 31.1 Å². The Morgan fingerprint density at radius 3 is 2.89 bits per heavy atom. The lowest BCUT2D eigenvalue weighted by molar-refractivity contribution is 0.0626. The lowest BCUT2D eigenvalue weighted by Gasteiger charge is -2.33. The normalized spacial score (nSPS) is 15.8. The number of alkyl halides is 2. The van der Waals surface area contributed by atoms with Crippen LogP contribution in [0.25, 0.3) is 22.6 Å². The predicted molar refractivity (Wildman–Crippen MR) is 115 cm³/mol. The monoisotopic (exact) mass is 482 g/mol. The maximum Gasteiger partial charge on any atom is 0.292 e. The highest BCUT2D eigenvalue weighted by Crippen LogP contribution is 2.39. The summed E-state index contributed by atoms with van der Waals surface area (Å²) in [6.07, 6.45) is 1.69. The van der Waals surface area contributed by atoms with Gasteiger partial charge in [-0.05, 0) is 12.1 Å². The second-order valence-corrected chi connectivity index (χ2v) is 8.15. The number of H-pyrrole nitrogens is 1. The van der Waals surface area contributed by atoms with Crippen LogP contribution in [0.2, 0.25) is 0 Å². The Balaban J connectivity index is 1.47. The standard InChI is InChI=1S/C23H17F3N6O3/c1-31-10-27-8-14(31)22-30-17(21(25)26)20(35-22)23(33)32-6-5-13-16(29-9-28-13)18(32)15-7-11-3-2-4-12(24)19(11)34-15/h2-4,7-10,18,21H,5-6H2,1H3,(H,28,29)/t18-/m1/s1. The van der Waals surface area contributed by atoms with Gasteiger partial charge in [-0.2, -0.15) is 0 Å². The molecule has 0 radical (unpaired) electrons. The number of rotatable bonds is 4. The summed E-state index contributed by atoms with van der Waals surface area (Å²) in [6, 6.07) is 5.22. The van der Waals surface area contributed by atoms with E-state index in [1.165, 1.54) is 34.4 Å². The van der Waals surface area contributed by atoms with Gasteiger partial charge in [0.1, 0.15) is 17.5 Å². The van der Waals surface area contributed by atoms with E-state index in [1.807, 2.05) is 0 Å². The number of para-hydroxylation sites is 1. The summed E-state index contributed by atoms with van der Waals surface area (Å²) in [5.41, 5.74) is 0.845. The van der Waals surface area contributed by atoms with E-state index in [4.69, 9.17) is 8.83 Å². The quantitative estimate of drug-likeness (QED) is 0.407. The van der Waals surface area contributed by atoms with Crippen LogP contribution in [0, 0.1) is 5.82 Å². The van der Waals surface area contributed by atoms with Crippen molar-refractivity contribution in [3.8, 4) is 11.6 Å². The summed E-state index contributed by atoms with van der Waals surface area (Å²) in [5.74, 6) is -1.84. The van der Waals surface area contributed by atoms with Gasteiger partial charge in [0.05, 0.1) is 24.5 Å². The summed E-state index contributed by atoms with van der Waals surface area (Å²) >= 11 is 0. The number of hydrogen-bond acceptors (Lipinski definition) is 6. The Hall–Kier alpha value is -4.35. The molecule has 178 valence electrons. The number of benzene rings is 1. The molecule has 1 atom stereocenters. The molecule has 1 aromatic carbocycles. The number of oxazole rings is 1. The molecule has 0 unspecified atom stereocenters. The fraction of sp³-hybridized carbons (Fsp3) is 0.217. The maximum atomic E-state index is 14.3. The van der Waals surface area contributed by atoms with Gasteiger partial charge in [0.2, 0.25) is 11.7 Å². The summed E-state index contributed by atoms with van der Waals surface area (Å²) < 4.78 is 55.1. The van der Waals surface area contributed by atoms with E-state index in [1.54, 1.807) is 25.2 Å². The van der Waals surface area contributed by atoms with Crippen molar-refractivity contribution in [1.82, 2.24) is 29.4 Å². The Bertz CT molecular complexity index is 1570. The van der Waals surface area contributed by atoms with E-state index in [2.05, 4.69) is 19.9 Å². The number of hydrogen-bond donors (Lipinski definition) is 1. The number of imidazole rings is 2. The minimum Gasteiger partial charge on any atom is -0.455 e. The number of aromatic amines is 1. The van der Waals surface area contributed by atoms with E-state index in [-0.39, 0.29) is 23.8 Å². The van der Waals surface area contributed by atoms with Crippen molar-refractivity contribution in [1.29, 1.82) is 0 Å². The molecule has 1 aliphatic heterocycles. The first-order valence-electron chi connectivity index (χ1n) is 10.7. The van der Waals surface area contributed by atoms with E-state index < -0.39 is 35.6 Å². The van der Waals surface area contributed by atoms with Crippen LogP contribution in [-0.2, 0) is 13.5 Å². The summed E-state index contributed by atoms with van der Waals surface area (Å²) in [4.78, 5) is 30.2. The molecule has 1 amide bonds. The van der Waals surface area contributed by atoms with Crippen molar-refractivity contribution in [3.05, 3.63) is 77.5 Å². The number of furan rings is 1. The minimum atomic E-state index is -3.05. The van der Waals surface area contributed by atoms with E-state index in [9.17, 15) is 18.0 Å². The van der Waals surface area contributed by atoms with Crippen molar-refractivity contribution >= 4 is 16.9 Å². The van der Waals surface area contributed by atoms with Gasteiger partial charge in [-0.3, -0.25) is 4.79 Å². The van der Waals surface area contributed by atoms with Crippen molar-refractivity contribution in [2.45, 2.75) is 18.9 Å². The molecule has 0 fully saturated rings. The molecule has 0 saturated carbocycles. The highest BCUT2D eigenvalue weighted by Gasteiger charge is 2.40. The Morgan fingerprint density at radius 2 is 2.14 bits per heavy atom. The molecule has 12 heteroatoms. The van der Waals surface area contributed by atoms with Gasteiger partial charge in [0.15, 0.2) is 17.1 Å². The maximum absolute atomic E-state index is 14.3. The number of carbonyl (C=O) groups is 1. The second-order valence-electron chi connectivity index (χ2n) is 8.15. The van der Waals surface area contributed by atoms with Gasteiger partial charge in [-0.25, -0.2) is 28.1 Å². The average molecular weight is 482 g/mol. The minimum absolute atomic E-state index is 0.0315. The molecule has 9 nitrogen and oxygen atoms in total. The largest absolute Gasteiger partial charge is 0.455 e. The molecule has 5 heterocycles. The number of aromatic nitrogens is 5. The van der Waals surface area contributed by atoms with E-state index >= 15 is 0 Å². The third-order valence-corrected chi connectivity index (χ3v) is 6.06. The van der Waals surface area contributed by atoms with Crippen molar-refractivity contribution in [2.24, 2.45) is 7.05 Å². The summed E-state index contributed by atoms with van der Waals surface area (Å²) in [7, 11) is 1.65. The zero-order chi connectivity index (χ0) is 24.3. The topological polar surface area (TPSA) is 106 Å². The molecular formula is C23H17F3N6O3. The van der Waals surface area contributed by atoms with Crippen LogP contribution in [0.3, 0.4) is 0 Å². The average Bonchev–Trinajstić information content (AvgIpc) is 3.62. The zero-order valence-corrected chi connectivity index (χ0v) is 18.2. The first kappa shape index (κ1) is 21.2. The van der Waals surface area contributed by atoms with Crippen LogP contribution < -0.4 is 0 Å². The third kappa shape index (κ3) is 3.32. The van der Waals surface area contributed by atoms with Gasteiger partial charge in [-0.15, -0.1) is 0 Å². The Kier molecular flexibility index (Phi) is 4.76. The number of nitrogens with zero attached hydrogens (tertiary/aromatic N) is 5. The molecule has 0 saturated heterocycles. The summed E-state index contributed by atoms with van der Waals surface area (Å²) in [5, 5.41) is 0.501. The Morgan fingerprint density at radius 1 is 1.29 bits per heavy atom. The van der Waals surface area contributed by atoms with Crippen LogP contribution in [0.1, 0.15) is 45.9 Å². The third-order valence-electron chi connectivity index (χ3n) is 6.06. The number of halogens is 3. The summed E-state index contributed by atoms with van der Waals surface area (Å²) in [6.45, 7) is 0.155. The van der Waals surface area contributed by atoms with Gasteiger partial charge in [0.25, 0.3) is 12.3 Å². The molecule has 4 aromatic heterocycles. The van der Waals surface area contributed by atoms with Gasteiger partial charge < -0.3 is 23.3 Å². The molecule has 1 aliphatic rings. The highest BCUT2D eigenvalue weighted by atomic mass is 19.3. The van der Waals surface area contributed by atoms with Crippen LogP contribution in [-0.4, -0.2) is 41.9 Å². The molecule has 0 spiro atoms. The van der Waals surface area contributed by atoms with Crippen LogP contribution in [0.15, 0.2) is 52.0 Å². The van der Waals surface area contributed by atoms with E-state index in [0.29, 0.717) is 23.2 Å². The molecule has 35 heavy (non-hydrogen) atoms. The fourth-order valence-corrected chi connectivity index (χ4v) is 4.40. The lowest BCUT2D eigenvalue weighted by atomic mass is 9.99. The van der Waals surface area contributed by atoms with Crippen LogP contribution in [0.4, 0.5) is 13.2 Å². The zero-order valence-electron chi connectivity index (χ0n) is 18.2. The van der Waals surface area contributed by atoms with Crippen LogP contribution in [0.5, 0.6) is 0 Å². The van der Waals surface area contributed by atoms with E-state index in [0.717, 1.165) is 5.69 Å². The van der Waals surface area contributed by atoms with Crippen LogP contribution >= 0.6 is 0 Å². The first-order valence-corrected chi connectivity index (χ1v) is 10.7. The Labute approximate surface area is 195 Å². The number of fused-ring (bicyclic) bond motifs is 2. The number of nitrogens with one attached hydrogen (secondary N) is 1.